The maximum absolute atomic E-state index is 2.51. The second-order valence-corrected chi connectivity index (χ2v) is 19.6. The summed E-state index contributed by atoms with van der Waals surface area (Å²) in [5, 5.41) is 2.48. The van der Waals surface area contributed by atoms with E-state index < -0.39 is 0 Å². The van der Waals surface area contributed by atoms with Crippen LogP contribution >= 0.6 is 0 Å². The lowest BCUT2D eigenvalue weighted by Gasteiger charge is -2.30. The summed E-state index contributed by atoms with van der Waals surface area (Å²) in [7, 11) is 0. The molecule has 3 aliphatic rings. The van der Waals surface area contributed by atoms with E-state index in [-0.39, 0.29) is 5.41 Å². The molecule has 0 saturated heterocycles. The third-order valence-electron chi connectivity index (χ3n) is 15.6. The van der Waals surface area contributed by atoms with Crippen molar-refractivity contribution < 1.29 is 0 Å². The zero-order chi connectivity index (χ0) is 47.0. The smallest absolute Gasteiger partial charge is 0.0641 e. The average Bonchev–Trinajstić information content (AvgIpc) is 3.96. The van der Waals surface area contributed by atoms with Crippen molar-refractivity contribution in [3.63, 3.8) is 0 Å². The summed E-state index contributed by atoms with van der Waals surface area (Å²) in [5.74, 6) is 0. The lowest BCUT2D eigenvalue weighted by molar-refractivity contribution is 0.660. The molecule has 0 amide bonds. The molecule has 0 unspecified atom stereocenters. The summed E-state index contributed by atoms with van der Waals surface area (Å²) in [5.41, 5.74) is 26.3. The maximum Gasteiger partial charge on any atom is 0.0641 e. The number of nitrogens with zero attached hydrogens (tertiary/aromatic N) is 4. The number of rotatable bonds is 4. The van der Waals surface area contributed by atoms with Crippen LogP contribution in [0.3, 0.4) is 0 Å². The Morgan fingerprint density at radius 2 is 0.620 bits per heavy atom. The van der Waals surface area contributed by atoms with Crippen LogP contribution in [-0.4, -0.2) is 9.13 Å². The van der Waals surface area contributed by atoms with Crippen molar-refractivity contribution in [2.75, 3.05) is 9.80 Å². The van der Waals surface area contributed by atoms with E-state index in [1.807, 2.05) is 0 Å². The van der Waals surface area contributed by atoms with Gasteiger partial charge in [0.2, 0.25) is 0 Å². The quantitative estimate of drug-likeness (QED) is 0.175. The number of hydrogen-bond acceptors (Lipinski definition) is 2. The fourth-order valence-corrected chi connectivity index (χ4v) is 12.5. The molecule has 4 heterocycles. The van der Waals surface area contributed by atoms with Crippen LogP contribution in [0, 0.1) is 0 Å². The molecule has 2 aromatic heterocycles. The molecule has 71 heavy (non-hydrogen) atoms. The Morgan fingerprint density at radius 1 is 0.282 bits per heavy atom. The molecule has 10 aromatic carbocycles. The second-order valence-electron chi connectivity index (χ2n) is 19.6. The van der Waals surface area contributed by atoms with Gasteiger partial charge in [-0.1, -0.05) is 172 Å². The Bertz CT molecular complexity index is 3890. The van der Waals surface area contributed by atoms with Crippen LogP contribution in [0.5, 0.6) is 0 Å². The first-order chi connectivity index (χ1) is 35.0. The monoisotopic (exact) mass is 906 g/mol. The van der Waals surface area contributed by atoms with E-state index in [4.69, 9.17) is 0 Å². The number of benzene rings is 10. The first-order valence-electron chi connectivity index (χ1n) is 24.7. The highest BCUT2D eigenvalue weighted by Crippen LogP contribution is 2.59. The third-order valence-corrected chi connectivity index (χ3v) is 15.6. The molecule has 0 radical (unpaired) electrons. The Labute approximate surface area is 413 Å². The largest absolute Gasteiger partial charge is 0.309 e. The van der Waals surface area contributed by atoms with Gasteiger partial charge in [0.05, 0.1) is 45.2 Å². The molecule has 1 aliphatic carbocycles. The SMILES string of the molecule is CC1(C)c2cc(N3c4ccccc4-c4c(n(-c5ccccc5)c5ccccc45)-c4ccccc43)ccc2-c2ccc(N3c4ccccc4-c4c(n(-c5ccccc5)c5ccccc45)-c4ccccc43)cc21. The van der Waals surface area contributed by atoms with Crippen molar-refractivity contribution >= 4 is 55.9 Å². The van der Waals surface area contributed by atoms with Crippen molar-refractivity contribution in [2.45, 2.75) is 19.3 Å². The number of para-hydroxylation sites is 8. The summed E-state index contributed by atoms with van der Waals surface area (Å²) >= 11 is 0. The highest BCUT2D eigenvalue weighted by atomic mass is 15.2. The van der Waals surface area contributed by atoms with Gasteiger partial charge in [0.25, 0.3) is 0 Å². The minimum absolute atomic E-state index is 0.307. The predicted octanol–water partition coefficient (Wildman–Crippen LogP) is 18.1. The van der Waals surface area contributed by atoms with Gasteiger partial charge in [0.1, 0.15) is 0 Å². The van der Waals surface area contributed by atoms with Crippen molar-refractivity contribution in [1.29, 1.82) is 0 Å². The Kier molecular flexibility index (Phi) is 8.38. The fraction of sp³-hybridized carbons (Fsp3) is 0.0448. The molecule has 12 aromatic rings. The number of anilines is 6. The maximum atomic E-state index is 2.51. The summed E-state index contributed by atoms with van der Waals surface area (Å²) < 4.78 is 4.93. The van der Waals surface area contributed by atoms with Crippen molar-refractivity contribution in [2.24, 2.45) is 0 Å². The minimum atomic E-state index is -0.307. The lowest BCUT2D eigenvalue weighted by atomic mass is 9.82. The van der Waals surface area contributed by atoms with Crippen LogP contribution in [0.2, 0.25) is 0 Å². The van der Waals surface area contributed by atoms with E-state index >= 15 is 0 Å². The highest BCUT2D eigenvalue weighted by Gasteiger charge is 2.39. The van der Waals surface area contributed by atoms with Crippen LogP contribution in [0.1, 0.15) is 25.0 Å². The molecule has 0 fully saturated rings. The summed E-state index contributed by atoms with van der Waals surface area (Å²) in [4.78, 5) is 5.02. The molecule has 0 bridgehead atoms. The van der Waals surface area contributed by atoms with E-state index in [2.05, 4.69) is 275 Å². The van der Waals surface area contributed by atoms with Gasteiger partial charge in [-0.25, -0.2) is 0 Å². The fourth-order valence-electron chi connectivity index (χ4n) is 12.5. The van der Waals surface area contributed by atoms with E-state index in [0.717, 1.165) is 45.5 Å². The van der Waals surface area contributed by atoms with Crippen molar-refractivity contribution in [3.05, 3.63) is 254 Å². The summed E-state index contributed by atoms with van der Waals surface area (Å²) in [6.07, 6.45) is 0. The Morgan fingerprint density at radius 3 is 1.04 bits per heavy atom. The number of fused-ring (bicyclic) bond motifs is 17. The molecule has 334 valence electrons. The minimum Gasteiger partial charge on any atom is -0.309 e. The van der Waals surface area contributed by atoms with Crippen molar-refractivity contribution in [1.82, 2.24) is 9.13 Å². The molecule has 0 atom stereocenters. The van der Waals surface area contributed by atoms with E-state index in [1.165, 1.54) is 88.8 Å². The molecular weight excluding hydrogens is 861 g/mol. The molecule has 0 saturated carbocycles. The van der Waals surface area contributed by atoms with Crippen LogP contribution < -0.4 is 9.80 Å². The standard InChI is InChI=1S/C67H46N4/c1-67(2)55-41-45(68-57-31-15-9-25-49(57)63-51-27-11-17-33-59(51)70(43-21-5-3-6-22-43)65(63)53-29-13-19-35-61(53)68)37-39-47(55)48-40-38-46(42-56(48)67)69-58-32-16-10-26-50(58)64-52-28-12-18-34-60(52)71(44-23-7-4-8-24-44)66(64)54-30-14-20-36-62(54)69/h3-42H,1-2H3. The molecule has 15 rings (SSSR count). The zero-order valence-corrected chi connectivity index (χ0v) is 39.4. The van der Waals surface area contributed by atoms with Crippen LogP contribution in [-0.2, 0) is 5.41 Å². The first kappa shape index (κ1) is 39.8. The van der Waals surface area contributed by atoms with E-state index in [1.54, 1.807) is 0 Å². The molecule has 4 nitrogen and oxygen atoms in total. The molecule has 2 aliphatic heterocycles. The molecular formula is C67H46N4. The van der Waals surface area contributed by atoms with Gasteiger partial charge in [-0.2, -0.15) is 0 Å². The third kappa shape index (κ3) is 5.56. The van der Waals surface area contributed by atoms with Crippen LogP contribution in [0.15, 0.2) is 243 Å². The molecule has 0 N–H and O–H groups in total. The van der Waals surface area contributed by atoms with Gasteiger partial charge in [0.15, 0.2) is 0 Å². The number of aromatic nitrogens is 2. The van der Waals surface area contributed by atoms with Crippen molar-refractivity contribution in [3.8, 4) is 67.3 Å². The van der Waals surface area contributed by atoms with Gasteiger partial charge in [-0.05, 0) is 107 Å². The van der Waals surface area contributed by atoms with Gasteiger partial charge < -0.3 is 18.9 Å². The highest BCUT2D eigenvalue weighted by molar-refractivity contribution is 6.15. The predicted molar refractivity (Wildman–Crippen MR) is 296 cm³/mol. The normalized spacial score (nSPS) is 13.5. The topological polar surface area (TPSA) is 16.3 Å². The van der Waals surface area contributed by atoms with Gasteiger partial charge in [0, 0.05) is 72.3 Å². The second kappa shape index (κ2) is 14.9. The average molecular weight is 907 g/mol. The molecule has 4 heteroatoms. The van der Waals surface area contributed by atoms with Crippen LogP contribution in [0.4, 0.5) is 34.1 Å². The molecule has 0 spiro atoms. The van der Waals surface area contributed by atoms with Crippen LogP contribution in [0.25, 0.3) is 89.1 Å². The summed E-state index contributed by atoms with van der Waals surface area (Å²) in [6.45, 7) is 4.82. The number of hydrogen-bond donors (Lipinski definition) is 0. The van der Waals surface area contributed by atoms with Gasteiger partial charge in [-0.15, -0.1) is 0 Å². The van der Waals surface area contributed by atoms with Gasteiger partial charge in [-0.3, -0.25) is 0 Å². The van der Waals surface area contributed by atoms with E-state index in [9.17, 15) is 0 Å². The first-order valence-corrected chi connectivity index (χ1v) is 24.7. The summed E-state index contributed by atoms with van der Waals surface area (Å²) in [6, 6.07) is 89.7. The Hall–Kier alpha value is -9.12. The zero-order valence-electron chi connectivity index (χ0n) is 39.4. The Balaban J connectivity index is 0.896. The lowest BCUT2D eigenvalue weighted by Crippen LogP contribution is -2.18. The van der Waals surface area contributed by atoms with Gasteiger partial charge >= 0.3 is 0 Å². The van der Waals surface area contributed by atoms with E-state index in [0.29, 0.717) is 0 Å².